The average molecular weight is 318 g/mol. The molecule has 0 bridgehead atoms. The lowest BCUT2D eigenvalue weighted by Gasteiger charge is -2.26. The van der Waals surface area contributed by atoms with E-state index < -0.39 is 5.97 Å². The van der Waals surface area contributed by atoms with Gasteiger partial charge in [0, 0.05) is 31.6 Å². The van der Waals surface area contributed by atoms with E-state index in [1.165, 1.54) is 14.0 Å². The van der Waals surface area contributed by atoms with Crippen molar-refractivity contribution in [1.82, 2.24) is 5.32 Å². The molecule has 0 aromatic heterocycles. The summed E-state index contributed by atoms with van der Waals surface area (Å²) in [5, 5.41) is 2.87. The minimum absolute atomic E-state index is 0.0702. The monoisotopic (exact) mass is 318 g/mol. The Kier molecular flexibility index (Phi) is 5.73. The van der Waals surface area contributed by atoms with Crippen molar-refractivity contribution in [3.8, 4) is 0 Å². The van der Waals surface area contributed by atoms with E-state index in [9.17, 15) is 14.4 Å². The first-order valence-electron chi connectivity index (χ1n) is 7.77. The normalized spacial score (nSPS) is 13.8. The molecule has 1 aromatic rings. The molecule has 1 N–H and O–H groups in total. The van der Waals surface area contributed by atoms with Crippen LogP contribution in [-0.2, 0) is 14.3 Å². The van der Waals surface area contributed by atoms with Gasteiger partial charge in [-0.15, -0.1) is 0 Å². The van der Waals surface area contributed by atoms with Crippen molar-refractivity contribution in [1.29, 1.82) is 0 Å². The summed E-state index contributed by atoms with van der Waals surface area (Å²) in [6, 6.07) is 6.62. The Bertz CT molecular complexity index is 579. The zero-order valence-corrected chi connectivity index (χ0v) is 13.5. The minimum Gasteiger partial charge on any atom is -0.465 e. The molecule has 0 aliphatic heterocycles. The fraction of sp³-hybridized carbons (Fsp3) is 0.471. The standard InChI is InChI=1S/C17H22N2O4/c1-12(20)19(11-10-18-16(21)13-4-3-5-13)15-8-6-14(7-9-15)17(22)23-2/h6-9,13H,3-5,10-11H2,1-2H3,(H,18,21). The number of carbonyl (C=O) groups excluding carboxylic acids is 3. The number of esters is 1. The fourth-order valence-electron chi connectivity index (χ4n) is 2.47. The number of methoxy groups -OCH3 is 1. The zero-order chi connectivity index (χ0) is 16.8. The maximum atomic E-state index is 11.8. The van der Waals surface area contributed by atoms with Gasteiger partial charge in [-0.2, -0.15) is 0 Å². The van der Waals surface area contributed by atoms with Gasteiger partial charge in [0.1, 0.15) is 0 Å². The quantitative estimate of drug-likeness (QED) is 0.811. The second-order valence-corrected chi connectivity index (χ2v) is 5.63. The molecule has 6 heteroatoms. The number of anilines is 1. The molecule has 0 atom stereocenters. The van der Waals surface area contributed by atoms with E-state index in [4.69, 9.17) is 0 Å². The number of hydrogen-bond acceptors (Lipinski definition) is 4. The smallest absolute Gasteiger partial charge is 0.337 e. The highest BCUT2D eigenvalue weighted by Gasteiger charge is 2.24. The number of nitrogens with one attached hydrogen (secondary N) is 1. The number of ether oxygens (including phenoxy) is 1. The predicted molar refractivity (Wildman–Crippen MR) is 86.2 cm³/mol. The fourth-order valence-corrected chi connectivity index (χ4v) is 2.47. The highest BCUT2D eigenvalue weighted by molar-refractivity contribution is 5.93. The van der Waals surface area contributed by atoms with E-state index in [-0.39, 0.29) is 17.7 Å². The number of amides is 2. The average Bonchev–Trinajstić information content (AvgIpc) is 2.49. The van der Waals surface area contributed by atoms with Crippen LogP contribution in [0.5, 0.6) is 0 Å². The molecule has 6 nitrogen and oxygen atoms in total. The molecule has 2 rings (SSSR count). The third-order valence-corrected chi connectivity index (χ3v) is 4.09. The van der Waals surface area contributed by atoms with Gasteiger partial charge >= 0.3 is 5.97 Å². The number of benzene rings is 1. The summed E-state index contributed by atoms with van der Waals surface area (Å²) < 4.78 is 4.65. The summed E-state index contributed by atoms with van der Waals surface area (Å²) in [5.74, 6) is -0.326. The van der Waals surface area contributed by atoms with Gasteiger partial charge in [0.25, 0.3) is 0 Å². The Labute approximate surface area is 135 Å². The topological polar surface area (TPSA) is 75.7 Å². The van der Waals surface area contributed by atoms with E-state index in [0.717, 1.165) is 19.3 Å². The van der Waals surface area contributed by atoms with Gasteiger partial charge < -0.3 is 15.0 Å². The lowest BCUT2D eigenvalue weighted by Crippen LogP contribution is -2.41. The van der Waals surface area contributed by atoms with Crippen LogP contribution in [0.2, 0.25) is 0 Å². The molecule has 1 saturated carbocycles. The first kappa shape index (κ1) is 17.0. The highest BCUT2D eigenvalue weighted by Crippen LogP contribution is 2.26. The minimum atomic E-state index is -0.418. The second kappa shape index (κ2) is 7.76. The molecule has 0 unspecified atom stereocenters. The SMILES string of the molecule is COC(=O)c1ccc(N(CCNC(=O)C2CCC2)C(C)=O)cc1. The molecule has 124 valence electrons. The Balaban J connectivity index is 1.93. The summed E-state index contributed by atoms with van der Waals surface area (Å²) in [6.45, 7) is 2.28. The van der Waals surface area contributed by atoms with E-state index in [2.05, 4.69) is 10.1 Å². The van der Waals surface area contributed by atoms with Gasteiger partial charge in [0.2, 0.25) is 11.8 Å². The molecule has 1 aromatic carbocycles. The van der Waals surface area contributed by atoms with E-state index in [0.29, 0.717) is 24.3 Å². The lowest BCUT2D eigenvalue weighted by atomic mass is 9.85. The Hall–Kier alpha value is -2.37. The highest BCUT2D eigenvalue weighted by atomic mass is 16.5. The summed E-state index contributed by atoms with van der Waals surface area (Å²) in [5.41, 5.74) is 1.11. The largest absolute Gasteiger partial charge is 0.465 e. The molecule has 1 aliphatic carbocycles. The van der Waals surface area contributed by atoms with Crippen molar-refractivity contribution in [2.24, 2.45) is 5.92 Å². The molecule has 0 radical (unpaired) electrons. The van der Waals surface area contributed by atoms with Crippen molar-refractivity contribution in [3.63, 3.8) is 0 Å². The molecule has 0 spiro atoms. The predicted octanol–water partition coefficient (Wildman–Crippen LogP) is 1.74. The van der Waals surface area contributed by atoms with Crippen LogP contribution in [0.25, 0.3) is 0 Å². The van der Waals surface area contributed by atoms with Crippen LogP contribution in [0.4, 0.5) is 5.69 Å². The number of nitrogens with zero attached hydrogens (tertiary/aromatic N) is 1. The molecule has 23 heavy (non-hydrogen) atoms. The third-order valence-electron chi connectivity index (χ3n) is 4.09. The lowest BCUT2D eigenvalue weighted by molar-refractivity contribution is -0.127. The molecule has 2 amide bonds. The molecule has 0 saturated heterocycles. The van der Waals surface area contributed by atoms with Gasteiger partial charge in [-0.3, -0.25) is 9.59 Å². The van der Waals surface area contributed by atoms with Crippen molar-refractivity contribution in [3.05, 3.63) is 29.8 Å². The van der Waals surface area contributed by atoms with Crippen molar-refractivity contribution < 1.29 is 19.1 Å². The summed E-state index contributed by atoms with van der Waals surface area (Å²) in [4.78, 5) is 36.6. The van der Waals surface area contributed by atoms with Crippen LogP contribution in [0.15, 0.2) is 24.3 Å². The summed E-state index contributed by atoms with van der Waals surface area (Å²) in [6.07, 6.45) is 3.03. The first-order valence-corrected chi connectivity index (χ1v) is 7.77. The van der Waals surface area contributed by atoms with Gasteiger partial charge in [0.05, 0.1) is 12.7 Å². The van der Waals surface area contributed by atoms with E-state index >= 15 is 0 Å². The second-order valence-electron chi connectivity index (χ2n) is 5.63. The molecule has 1 fully saturated rings. The van der Waals surface area contributed by atoms with Gasteiger partial charge in [-0.25, -0.2) is 4.79 Å². The van der Waals surface area contributed by atoms with Crippen molar-refractivity contribution >= 4 is 23.5 Å². The van der Waals surface area contributed by atoms with Crippen molar-refractivity contribution in [2.75, 3.05) is 25.1 Å². The third kappa shape index (κ3) is 4.31. The van der Waals surface area contributed by atoms with Crippen LogP contribution in [0, 0.1) is 5.92 Å². The summed E-state index contributed by atoms with van der Waals surface area (Å²) in [7, 11) is 1.32. The molecule has 0 heterocycles. The zero-order valence-electron chi connectivity index (χ0n) is 13.5. The van der Waals surface area contributed by atoms with Crippen LogP contribution >= 0.6 is 0 Å². The van der Waals surface area contributed by atoms with Gasteiger partial charge in [-0.1, -0.05) is 6.42 Å². The number of rotatable bonds is 6. The Morgan fingerprint density at radius 2 is 1.87 bits per heavy atom. The maximum Gasteiger partial charge on any atom is 0.337 e. The van der Waals surface area contributed by atoms with E-state index in [1.54, 1.807) is 29.2 Å². The molecular formula is C17H22N2O4. The van der Waals surface area contributed by atoms with Crippen LogP contribution < -0.4 is 10.2 Å². The van der Waals surface area contributed by atoms with E-state index in [1.807, 2.05) is 0 Å². The number of carbonyl (C=O) groups is 3. The Morgan fingerprint density at radius 1 is 1.22 bits per heavy atom. The maximum absolute atomic E-state index is 11.8. The van der Waals surface area contributed by atoms with Crippen LogP contribution in [0.3, 0.4) is 0 Å². The van der Waals surface area contributed by atoms with Gasteiger partial charge in [0.15, 0.2) is 0 Å². The number of hydrogen-bond donors (Lipinski definition) is 1. The summed E-state index contributed by atoms with van der Waals surface area (Å²) >= 11 is 0. The van der Waals surface area contributed by atoms with Crippen LogP contribution in [0.1, 0.15) is 36.5 Å². The molecule has 1 aliphatic rings. The molecular weight excluding hydrogens is 296 g/mol. The van der Waals surface area contributed by atoms with Crippen LogP contribution in [-0.4, -0.2) is 38.0 Å². The Morgan fingerprint density at radius 3 is 2.35 bits per heavy atom. The van der Waals surface area contributed by atoms with Crippen molar-refractivity contribution in [2.45, 2.75) is 26.2 Å². The van der Waals surface area contributed by atoms with Gasteiger partial charge in [-0.05, 0) is 37.1 Å². The first-order chi connectivity index (χ1) is 11.0.